The van der Waals surface area contributed by atoms with Gasteiger partial charge in [-0.25, -0.2) is 0 Å². The predicted molar refractivity (Wildman–Crippen MR) is 61.0 cm³/mol. The first-order valence-corrected chi connectivity index (χ1v) is 5.84. The molecule has 106 valence electrons. The zero-order chi connectivity index (χ0) is 14.4. The number of nitrogens with zero attached hydrogens (tertiary/aromatic N) is 2. The number of carbonyl (C=O) groups is 1. The highest BCUT2D eigenvalue weighted by molar-refractivity contribution is 5.65. The van der Waals surface area contributed by atoms with Crippen LogP contribution in [0.4, 0.5) is 0 Å². The monoisotopic (exact) mass is 263 g/mol. The molecular weight excluding hydrogens is 240 g/mol. The lowest BCUT2D eigenvalue weighted by Crippen LogP contribution is -2.60. The average molecular weight is 263 g/mol. The van der Waals surface area contributed by atoms with Gasteiger partial charge in [0, 0.05) is 13.3 Å². The summed E-state index contributed by atoms with van der Waals surface area (Å²) in [5.74, 6) is -0.441. The van der Waals surface area contributed by atoms with E-state index in [9.17, 15) is 15.2 Å². The van der Waals surface area contributed by atoms with Crippen molar-refractivity contribution in [3.05, 3.63) is 0 Å². The smallest absolute Gasteiger partial charge is 0.322 e. The molecule has 1 fully saturated rings. The zero-order valence-electron chi connectivity index (χ0n) is 11.8. The summed E-state index contributed by atoms with van der Waals surface area (Å²) >= 11 is 0. The number of hydrogen-bond acceptors (Lipinski definition) is 6. The largest absolute Gasteiger partial charge is 0.367 e. The van der Waals surface area contributed by atoms with Gasteiger partial charge in [-0.15, -0.1) is 20.3 Å². The summed E-state index contributed by atoms with van der Waals surface area (Å²) in [6.07, 6.45) is 0.397. The third-order valence-corrected chi connectivity index (χ3v) is 3.48. The summed E-state index contributed by atoms with van der Waals surface area (Å²) in [4.78, 5) is 19.5. The van der Waals surface area contributed by atoms with E-state index in [0.717, 1.165) is 0 Å². The molecule has 1 heterocycles. The molecular formula is C11H23N2O5+. The second kappa shape index (κ2) is 4.43. The third-order valence-electron chi connectivity index (χ3n) is 3.48. The van der Waals surface area contributed by atoms with E-state index in [4.69, 9.17) is 4.84 Å². The number of quaternary nitrogens is 1. The Morgan fingerprint density at radius 1 is 1.33 bits per heavy atom. The number of hydroxylamine groups is 5. The van der Waals surface area contributed by atoms with Crippen LogP contribution in [-0.2, 0) is 14.5 Å². The first kappa shape index (κ1) is 15.3. The van der Waals surface area contributed by atoms with Gasteiger partial charge in [0.05, 0.1) is 10.5 Å². The third kappa shape index (κ3) is 2.50. The minimum Gasteiger partial charge on any atom is -0.367 e. The van der Waals surface area contributed by atoms with Crippen molar-refractivity contribution < 1.29 is 29.9 Å². The molecule has 0 bridgehead atoms. The molecule has 0 aliphatic carbocycles. The molecule has 7 heteroatoms. The minimum absolute atomic E-state index is 0.397. The Hall–Kier alpha value is -0.730. The van der Waals surface area contributed by atoms with Gasteiger partial charge in [0.25, 0.3) is 0 Å². The van der Waals surface area contributed by atoms with Gasteiger partial charge < -0.3 is 4.84 Å². The van der Waals surface area contributed by atoms with Crippen LogP contribution in [0.3, 0.4) is 0 Å². The van der Waals surface area contributed by atoms with Crippen LogP contribution in [-0.4, -0.2) is 50.6 Å². The maximum absolute atomic E-state index is 11.2. The Morgan fingerprint density at radius 2 is 1.83 bits per heavy atom. The molecule has 0 spiro atoms. The molecule has 0 aromatic carbocycles. The van der Waals surface area contributed by atoms with Gasteiger partial charge >= 0.3 is 5.97 Å². The van der Waals surface area contributed by atoms with E-state index < -0.39 is 28.1 Å². The van der Waals surface area contributed by atoms with Crippen LogP contribution in [0.2, 0.25) is 0 Å². The first-order chi connectivity index (χ1) is 7.95. The van der Waals surface area contributed by atoms with E-state index in [2.05, 4.69) is 4.84 Å². The fourth-order valence-corrected chi connectivity index (χ4v) is 2.75. The fraction of sp³-hybridized carbons (Fsp3) is 0.909. The SMILES string of the molecule is CO[N+](O)(O)C1CC(C)(C)N(OC(C)=O)C1(C)C. The molecule has 0 amide bonds. The Balaban J connectivity index is 3.11. The molecule has 18 heavy (non-hydrogen) atoms. The Bertz CT molecular complexity index is 340. The van der Waals surface area contributed by atoms with Gasteiger partial charge in [0.1, 0.15) is 12.6 Å². The molecule has 0 aromatic rings. The van der Waals surface area contributed by atoms with Crippen molar-refractivity contribution in [3.63, 3.8) is 0 Å². The molecule has 1 saturated heterocycles. The molecule has 1 unspecified atom stereocenters. The van der Waals surface area contributed by atoms with Crippen LogP contribution >= 0.6 is 0 Å². The lowest BCUT2D eigenvalue weighted by Gasteiger charge is -2.38. The topological polar surface area (TPSA) is 79.2 Å². The van der Waals surface area contributed by atoms with Gasteiger partial charge in [-0.1, -0.05) is 0 Å². The van der Waals surface area contributed by atoms with Gasteiger partial charge in [-0.05, 0) is 27.7 Å². The normalized spacial score (nSPS) is 27.2. The summed E-state index contributed by atoms with van der Waals surface area (Å²) in [5, 5.41) is 21.2. The molecule has 0 saturated carbocycles. The van der Waals surface area contributed by atoms with E-state index in [1.165, 1.54) is 19.1 Å². The number of carbonyl (C=O) groups excluding carboxylic acids is 1. The van der Waals surface area contributed by atoms with Crippen molar-refractivity contribution in [2.75, 3.05) is 7.11 Å². The van der Waals surface area contributed by atoms with E-state index >= 15 is 0 Å². The molecule has 1 aliphatic rings. The molecule has 0 radical (unpaired) electrons. The number of hydrogen-bond donors (Lipinski definition) is 2. The molecule has 2 N–H and O–H groups in total. The molecule has 1 atom stereocenters. The Kier molecular flexibility index (Phi) is 3.77. The lowest BCUT2D eigenvalue weighted by molar-refractivity contribution is -1.38. The highest BCUT2D eigenvalue weighted by atomic mass is 17.1. The van der Waals surface area contributed by atoms with Crippen LogP contribution in [0, 0.1) is 0 Å². The lowest BCUT2D eigenvalue weighted by atomic mass is 9.95. The minimum atomic E-state index is -1.56. The quantitative estimate of drug-likeness (QED) is 0.589. The van der Waals surface area contributed by atoms with E-state index in [-0.39, 0.29) is 0 Å². The average Bonchev–Trinajstić information content (AvgIpc) is 2.38. The maximum Gasteiger partial charge on any atom is 0.322 e. The van der Waals surface area contributed by atoms with Crippen LogP contribution < -0.4 is 0 Å². The van der Waals surface area contributed by atoms with Gasteiger partial charge in [-0.2, -0.15) is 0 Å². The van der Waals surface area contributed by atoms with Gasteiger partial charge in [-0.3, -0.25) is 4.79 Å². The van der Waals surface area contributed by atoms with Crippen molar-refractivity contribution >= 4 is 5.97 Å². The van der Waals surface area contributed by atoms with E-state index in [1.807, 2.05) is 13.8 Å². The summed E-state index contributed by atoms with van der Waals surface area (Å²) in [7, 11) is 1.21. The maximum atomic E-state index is 11.2. The van der Waals surface area contributed by atoms with Gasteiger partial charge in [0.2, 0.25) is 6.04 Å². The van der Waals surface area contributed by atoms with Crippen LogP contribution in [0.1, 0.15) is 41.0 Å². The predicted octanol–water partition coefficient (Wildman–Crippen LogP) is 1.25. The van der Waals surface area contributed by atoms with E-state index in [0.29, 0.717) is 6.42 Å². The standard InChI is InChI=1S/C11H23N2O5/c1-8(14)18-12-10(2,3)7-9(11(12,4)5)13(15,16)17-6/h9,15-16H,7H2,1-6H3/q+1. The molecule has 0 aromatic heterocycles. The van der Waals surface area contributed by atoms with Gasteiger partial charge in [0.15, 0.2) is 0 Å². The highest BCUT2D eigenvalue weighted by Crippen LogP contribution is 2.44. The summed E-state index contributed by atoms with van der Waals surface area (Å²) in [6.45, 7) is 8.60. The van der Waals surface area contributed by atoms with Crippen LogP contribution in [0.5, 0.6) is 0 Å². The van der Waals surface area contributed by atoms with Crippen molar-refractivity contribution in [1.29, 1.82) is 0 Å². The molecule has 7 nitrogen and oxygen atoms in total. The van der Waals surface area contributed by atoms with Crippen molar-refractivity contribution in [2.24, 2.45) is 0 Å². The van der Waals surface area contributed by atoms with Crippen molar-refractivity contribution in [2.45, 2.75) is 58.2 Å². The fourth-order valence-electron chi connectivity index (χ4n) is 2.75. The second-order valence-corrected chi connectivity index (χ2v) is 5.83. The van der Waals surface area contributed by atoms with E-state index in [1.54, 1.807) is 13.8 Å². The molecule has 1 aliphatic heterocycles. The Labute approximate surface area is 107 Å². The van der Waals surface area contributed by atoms with Crippen molar-refractivity contribution in [1.82, 2.24) is 5.06 Å². The highest BCUT2D eigenvalue weighted by Gasteiger charge is 2.64. The summed E-state index contributed by atoms with van der Waals surface area (Å²) in [5.41, 5.74) is -1.30. The summed E-state index contributed by atoms with van der Waals surface area (Å²) < 4.78 is 0. The zero-order valence-corrected chi connectivity index (χ0v) is 11.8. The van der Waals surface area contributed by atoms with Crippen LogP contribution in [0.25, 0.3) is 0 Å². The number of rotatable bonds is 3. The first-order valence-electron chi connectivity index (χ1n) is 5.84. The second-order valence-electron chi connectivity index (χ2n) is 5.83. The summed E-state index contributed by atoms with van der Waals surface area (Å²) in [6, 6.07) is -0.670. The molecule has 1 rings (SSSR count). The Morgan fingerprint density at radius 3 is 2.22 bits per heavy atom. The van der Waals surface area contributed by atoms with Crippen molar-refractivity contribution in [3.8, 4) is 0 Å². The van der Waals surface area contributed by atoms with Crippen LogP contribution in [0.15, 0.2) is 0 Å².